The highest BCUT2D eigenvalue weighted by atomic mass is 32.1. The summed E-state index contributed by atoms with van der Waals surface area (Å²) in [7, 11) is 0. The zero-order valence-corrected chi connectivity index (χ0v) is 9.26. The minimum Gasteiger partial charge on any atom is -0.388 e. The maximum atomic E-state index is 9.63. The molecule has 1 saturated heterocycles. The van der Waals surface area contributed by atoms with Crippen molar-refractivity contribution in [3.8, 4) is 0 Å². The highest BCUT2D eigenvalue weighted by molar-refractivity contribution is 7.80. The zero-order chi connectivity index (χ0) is 10.9. The fraction of sp³-hybridized carbons (Fsp3) is 1.00. The summed E-state index contributed by atoms with van der Waals surface area (Å²) in [4.78, 5) is 0. The van der Waals surface area contributed by atoms with Gasteiger partial charge in [0.1, 0.15) is 18.3 Å². The number of ether oxygens (including phenoxy) is 1. The largest absolute Gasteiger partial charge is 0.388 e. The van der Waals surface area contributed by atoms with Gasteiger partial charge in [-0.3, -0.25) is 0 Å². The number of rotatable bonds is 2. The van der Waals surface area contributed by atoms with Crippen LogP contribution < -0.4 is 0 Å². The van der Waals surface area contributed by atoms with E-state index in [1.165, 1.54) is 0 Å². The Kier molecular flexibility index (Phi) is 4.21. The van der Waals surface area contributed by atoms with Gasteiger partial charge in [-0.1, -0.05) is 13.8 Å². The van der Waals surface area contributed by atoms with Crippen LogP contribution in [-0.2, 0) is 4.74 Å². The van der Waals surface area contributed by atoms with Crippen LogP contribution in [0.5, 0.6) is 0 Å². The third-order valence-electron chi connectivity index (χ3n) is 2.59. The molecule has 1 aliphatic heterocycles. The van der Waals surface area contributed by atoms with Gasteiger partial charge in [0.2, 0.25) is 0 Å². The first-order chi connectivity index (χ1) is 6.49. The van der Waals surface area contributed by atoms with Gasteiger partial charge in [-0.15, -0.1) is 0 Å². The molecule has 0 saturated carbocycles. The summed E-state index contributed by atoms with van der Waals surface area (Å²) in [6.45, 7) is 3.79. The first-order valence-corrected chi connectivity index (χ1v) is 5.42. The van der Waals surface area contributed by atoms with Crippen LogP contribution in [0.2, 0.25) is 0 Å². The van der Waals surface area contributed by atoms with Crippen molar-refractivity contribution in [2.24, 2.45) is 5.92 Å². The van der Waals surface area contributed by atoms with Crippen LogP contribution in [0.25, 0.3) is 0 Å². The van der Waals surface area contributed by atoms with Crippen LogP contribution in [0.15, 0.2) is 0 Å². The highest BCUT2D eigenvalue weighted by Crippen LogP contribution is 2.26. The second kappa shape index (κ2) is 4.81. The molecule has 0 amide bonds. The van der Waals surface area contributed by atoms with E-state index >= 15 is 0 Å². The number of hydrogen-bond acceptors (Lipinski definition) is 5. The molecular formula is C9H18O4S. The molecule has 0 aromatic rings. The van der Waals surface area contributed by atoms with Gasteiger partial charge in [-0.25, -0.2) is 0 Å². The molecule has 1 heterocycles. The van der Waals surface area contributed by atoms with Gasteiger partial charge in [0.15, 0.2) is 0 Å². The monoisotopic (exact) mass is 222 g/mol. The van der Waals surface area contributed by atoms with Crippen LogP contribution in [0.3, 0.4) is 0 Å². The molecule has 1 aliphatic rings. The van der Waals surface area contributed by atoms with Gasteiger partial charge >= 0.3 is 0 Å². The van der Waals surface area contributed by atoms with E-state index in [0.29, 0.717) is 5.75 Å². The van der Waals surface area contributed by atoms with E-state index in [4.69, 9.17) is 4.74 Å². The zero-order valence-electron chi connectivity index (χ0n) is 8.37. The smallest absolute Gasteiger partial charge is 0.111 e. The predicted molar refractivity (Wildman–Crippen MR) is 55.4 cm³/mol. The lowest BCUT2D eigenvalue weighted by Gasteiger charge is -2.41. The van der Waals surface area contributed by atoms with Crippen LogP contribution in [-0.4, -0.2) is 51.6 Å². The molecule has 14 heavy (non-hydrogen) atoms. The second-order valence-electron chi connectivity index (χ2n) is 4.04. The third-order valence-corrected chi connectivity index (χ3v) is 2.95. The van der Waals surface area contributed by atoms with E-state index < -0.39 is 30.5 Å². The summed E-state index contributed by atoms with van der Waals surface area (Å²) in [5.74, 6) is 0.420. The number of thiol groups is 1. The Hall–Kier alpha value is 0.190. The minimum atomic E-state index is -1.15. The molecule has 2 unspecified atom stereocenters. The van der Waals surface area contributed by atoms with Gasteiger partial charge < -0.3 is 20.1 Å². The maximum absolute atomic E-state index is 9.63. The fourth-order valence-electron chi connectivity index (χ4n) is 1.68. The van der Waals surface area contributed by atoms with E-state index in [1.807, 2.05) is 13.8 Å². The molecule has 0 aromatic carbocycles. The summed E-state index contributed by atoms with van der Waals surface area (Å²) in [6.07, 6.45) is -4.18. The van der Waals surface area contributed by atoms with Crippen molar-refractivity contribution in [2.75, 3.05) is 5.75 Å². The molecule has 5 heteroatoms. The van der Waals surface area contributed by atoms with Crippen molar-refractivity contribution in [1.29, 1.82) is 0 Å². The van der Waals surface area contributed by atoms with Crippen LogP contribution in [0.1, 0.15) is 13.8 Å². The molecule has 5 atom stereocenters. The van der Waals surface area contributed by atoms with Crippen molar-refractivity contribution in [2.45, 2.75) is 44.4 Å². The van der Waals surface area contributed by atoms with E-state index in [-0.39, 0.29) is 5.92 Å². The first kappa shape index (κ1) is 12.3. The van der Waals surface area contributed by atoms with Crippen molar-refractivity contribution in [1.82, 2.24) is 0 Å². The normalized spacial score (nSPS) is 44.4. The highest BCUT2D eigenvalue weighted by Gasteiger charge is 2.43. The second-order valence-corrected chi connectivity index (χ2v) is 4.40. The maximum Gasteiger partial charge on any atom is 0.111 e. The quantitative estimate of drug-likeness (QED) is 0.472. The van der Waals surface area contributed by atoms with Gasteiger partial charge in [0, 0.05) is 5.75 Å². The molecule has 4 nitrogen and oxygen atoms in total. The number of hydrogen-bond donors (Lipinski definition) is 4. The van der Waals surface area contributed by atoms with Crippen molar-refractivity contribution < 1.29 is 20.1 Å². The Labute approximate surface area is 89.3 Å². The number of aliphatic hydroxyl groups excluding tert-OH is 3. The average molecular weight is 222 g/mol. The lowest BCUT2D eigenvalue weighted by molar-refractivity contribution is -0.225. The molecule has 3 N–H and O–H groups in total. The average Bonchev–Trinajstić information content (AvgIpc) is 2.14. The molecule has 84 valence electrons. The molecular weight excluding hydrogens is 204 g/mol. The van der Waals surface area contributed by atoms with Gasteiger partial charge in [-0.2, -0.15) is 12.6 Å². The lowest BCUT2D eigenvalue weighted by Crippen LogP contribution is -2.59. The van der Waals surface area contributed by atoms with E-state index in [2.05, 4.69) is 12.6 Å². The standard InChI is InChI=1S/C9H18O4S/c1-4(2)9-8(12)7(11)6(10)5(3-14)13-9/h4-12,14H,3H2,1-2H3/t5?,6-,7-,8?,9-/m0/s1. The molecule has 0 bridgehead atoms. The summed E-state index contributed by atoms with van der Waals surface area (Å²) in [5.41, 5.74) is 0. The van der Waals surface area contributed by atoms with Gasteiger partial charge in [0.25, 0.3) is 0 Å². The Bertz CT molecular complexity index is 186. The Morgan fingerprint density at radius 2 is 1.71 bits per heavy atom. The van der Waals surface area contributed by atoms with E-state index in [0.717, 1.165) is 0 Å². The van der Waals surface area contributed by atoms with Crippen LogP contribution in [0.4, 0.5) is 0 Å². The summed E-state index contributed by atoms with van der Waals surface area (Å²) in [5, 5.41) is 28.7. The van der Waals surface area contributed by atoms with Crippen molar-refractivity contribution in [3.05, 3.63) is 0 Å². The molecule has 1 fully saturated rings. The summed E-state index contributed by atoms with van der Waals surface area (Å²) >= 11 is 4.02. The Morgan fingerprint density at radius 1 is 1.14 bits per heavy atom. The fourth-order valence-corrected chi connectivity index (χ4v) is 1.98. The molecule has 0 spiro atoms. The minimum absolute atomic E-state index is 0.0922. The third kappa shape index (κ3) is 2.23. The van der Waals surface area contributed by atoms with Crippen molar-refractivity contribution in [3.63, 3.8) is 0 Å². The van der Waals surface area contributed by atoms with E-state index in [9.17, 15) is 15.3 Å². The predicted octanol–water partition coefficient (Wildman–Crippen LogP) is -0.578. The summed E-state index contributed by atoms with van der Waals surface area (Å²) in [6, 6.07) is 0. The van der Waals surface area contributed by atoms with E-state index in [1.54, 1.807) is 0 Å². The first-order valence-electron chi connectivity index (χ1n) is 4.79. The topological polar surface area (TPSA) is 69.9 Å². The SMILES string of the molecule is CC(C)[C@@H]1OC(CS)[C@H](O)[C@H](O)C1O. The lowest BCUT2D eigenvalue weighted by atomic mass is 9.90. The summed E-state index contributed by atoms with van der Waals surface area (Å²) < 4.78 is 5.46. The van der Waals surface area contributed by atoms with Crippen LogP contribution in [0, 0.1) is 5.92 Å². The number of aliphatic hydroxyl groups is 3. The molecule has 0 aliphatic carbocycles. The van der Waals surface area contributed by atoms with Gasteiger partial charge in [0.05, 0.1) is 12.2 Å². The molecule has 0 aromatic heterocycles. The van der Waals surface area contributed by atoms with Gasteiger partial charge in [-0.05, 0) is 5.92 Å². The molecule has 0 radical (unpaired) electrons. The Morgan fingerprint density at radius 3 is 2.14 bits per heavy atom. The van der Waals surface area contributed by atoms with Crippen molar-refractivity contribution >= 4 is 12.6 Å². The Balaban J connectivity index is 2.73. The van der Waals surface area contributed by atoms with Crippen LogP contribution >= 0.6 is 12.6 Å². The molecule has 1 rings (SSSR count).